The highest BCUT2D eigenvalue weighted by atomic mass is 32.1. The summed E-state index contributed by atoms with van der Waals surface area (Å²) < 4.78 is 7.66. The number of aryl methyl sites for hydroxylation is 2. The fraction of sp³-hybridized carbons (Fsp3) is 0.250. The zero-order chi connectivity index (χ0) is 39.1. The van der Waals surface area contributed by atoms with Gasteiger partial charge in [0.05, 0.1) is 29.3 Å². The zero-order valence-corrected chi connectivity index (χ0v) is 31.3. The Hall–Kier alpha value is -6.68. The molecule has 1 atom stereocenters. The Balaban J connectivity index is 0.848. The Morgan fingerprint density at radius 1 is 1.02 bits per heavy atom. The molecule has 1 saturated heterocycles. The first-order chi connectivity index (χ1) is 27.1. The molecule has 0 spiro atoms. The molecule has 0 bridgehead atoms. The normalized spacial score (nSPS) is 16.1. The number of carbonyl (C=O) groups is 6. The number of imidazole rings is 1. The maximum atomic E-state index is 13.4. The Labute approximate surface area is 324 Å². The van der Waals surface area contributed by atoms with E-state index in [1.54, 1.807) is 53.3 Å². The van der Waals surface area contributed by atoms with Crippen molar-refractivity contribution in [2.75, 3.05) is 29.9 Å². The Kier molecular flexibility index (Phi) is 9.64. The monoisotopic (exact) mass is 772 g/mol. The molecule has 3 aromatic carbocycles. The summed E-state index contributed by atoms with van der Waals surface area (Å²) in [4.78, 5) is 89.3. The van der Waals surface area contributed by atoms with E-state index in [-0.39, 0.29) is 48.9 Å². The van der Waals surface area contributed by atoms with Gasteiger partial charge in [-0.25, -0.2) is 9.97 Å². The van der Waals surface area contributed by atoms with Crippen molar-refractivity contribution in [3.63, 3.8) is 0 Å². The first-order valence-corrected chi connectivity index (χ1v) is 18.9. The molecule has 5 aromatic rings. The summed E-state index contributed by atoms with van der Waals surface area (Å²) >= 11 is 1.32. The van der Waals surface area contributed by atoms with E-state index in [0.717, 1.165) is 37.8 Å². The van der Waals surface area contributed by atoms with Crippen LogP contribution in [0.3, 0.4) is 0 Å². The molecule has 0 saturated carbocycles. The summed E-state index contributed by atoms with van der Waals surface area (Å²) in [5, 5.41) is 8.66. The van der Waals surface area contributed by atoms with Crippen molar-refractivity contribution in [2.45, 2.75) is 38.8 Å². The lowest BCUT2D eigenvalue weighted by atomic mass is 10.0. The van der Waals surface area contributed by atoms with E-state index in [0.29, 0.717) is 41.6 Å². The van der Waals surface area contributed by atoms with Crippen molar-refractivity contribution in [3.05, 3.63) is 111 Å². The van der Waals surface area contributed by atoms with Crippen LogP contribution >= 0.6 is 11.3 Å². The Morgan fingerprint density at radius 3 is 2.66 bits per heavy atom. The van der Waals surface area contributed by atoms with Crippen LogP contribution < -0.4 is 25.6 Å². The average Bonchev–Trinajstić information content (AvgIpc) is 3.98. The van der Waals surface area contributed by atoms with Crippen molar-refractivity contribution in [2.24, 2.45) is 7.05 Å². The molecule has 3 N–H and O–H groups in total. The van der Waals surface area contributed by atoms with E-state index < -0.39 is 29.7 Å². The highest BCUT2D eigenvalue weighted by Crippen LogP contribution is 2.36. The fourth-order valence-corrected chi connectivity index (χ4v) is 8.09. The van der Waals surface area contributed by atoms with Gasteiger partial charge in [0.15, 0.2) is 5.01 Å². The van der Waals surface area contributed by atoms with Crippen molar-refractivity contribution in [1.82, 2.24) is 30.1 Å². The summed E-state index contributed by atoms with van der Waals surface area (Å²) in [6.07, 6.45) is 4.02. The molecule has 3 aliphatic heterocycles. The lowest BCUT2D eigenvalue weighted by Crippen LogP contribution is -2.54. The summed E-state index contributed by atoms with van der Waals surface area (Å²) in [6.45, 7) is 3.28. The predicted octanol–water partition coefficient (Wildman–Crippen LogP) is 3.88. The Bertz CT molecular complexity index is 2460. The molecule has 0 aliphatic carbocycles. The second kappa shape index (κ2) is 14.9. The van der Waals surface area contributed by atoms with E-state index >= 15 is 0 Å². The standard InChI is InChI=1S/C40H36N8O7S/c1-22-34(25-9-10-29-24(18-25)13-15-47(29)39(53)31-20-41-21-46(31)2)45-37(56-22)36(51)43-19-23-5-3-6-26(17-23)55-16-14-42-28-8-4-7-27-33(28)40(54)48(38(27)52)30-11-12-32(49)44-35(30)50/h3-10,17-18,20-21,30,42H,11-16,19H2,1-2H3,(H,43,51)(H,44,49,50). The molecule has 6 amide bonds. The number of thiazole rings is 1. The molecular formula is C40H36N8O7S. The first kappa shape index (κ1) is 36.3. The van der Waals surface area contributed by atoms with Crippen LogP contribution in [0.2, 0.25) is 0 Å². The van der Waals surface area contributed by atoms with Gasteiger partial charge >= 0.3 is 0 Å². The molecule has 56 heavy (non-hydrogen) atoms. The number of aromatic nitrogens is 3. The second-order valence-corrected chi connectivity index (χ2v) is 14.8. The number of carbonyl (C=O) groups excluding carboxylic acids is 6. The van der Waals surface area contributed by atoms with Crippen LogP contribution in [0.1, 0.15) is 69.9 Å². The van der Waals surface area contributed by atoms with E-state index in [4.69, 9.17) is 9.72 Å². The third kappa shape index (κ3) is 6.79. The second-order valence-electron chi connectivity index (χ2n) is 13.6. The number of hydrogen-bond acceptors (Lipinski definition) is 11. The van der Waals surface area contributed by atoms with Crippen molar-refractivity contribution in [1.29, 1.82) is 0 Å². The number of piperidine rings is 1. The van der Waals surface area contributed by atoms with Crippen molar-refractivity contribution >= 4 is 58.2 Å². The van der Waals surface area contributed by atoms with E-state index in [9.17, 15) is 28.8 Å². The molecular weight excluding hydrogens is 737 g/mol. The molecule has 16 heteroatoms. The number of imide groups is 2. The average molecular weight is 773 g/mol. The molecule has 1 fully saturated rings. The molecule has 15 nitrogen and oxygen atoms in total. The molecule has 3 aliphatic rings. The number of hydrogen-bond donors (Lipinski definition) is 3. The lowest BCUT2D eigenvalue weighted by Gasteiger charge is -2.27. The van der Waals surface area contributed by atoms with Crippen LogP contribution in [0.5, 0.6) is 5.75 Å². The van der Waals surface area contributed by atoms with Gasteiger partial charge in [-0.15, -0.1) is 11.3 Å². The number of nitrogens with one attached hydrogen (secondary N) is 3. The van der Waals surface area contributed by atoms with Crippen LogP contribution in [-0.2, 0) is 29.6 Å². The topological polar surface area (TPSA) is 185 Å². The quantitative estimate of drug-likeness (QED) is 0.132. The summed E-state index contributed by atoms with van der Waals surface area (Å²) in [5.41, 5.74) is 5.67. The van der Waals surface area contributed by atoms with Gasteiger partial charge in [0.25, 0.3) is 23.6 Å². The number of anilines is 2. The Morgan fingerprint density at radius 2 is 1.86 bits per heavy atom. The third-order valence-corrected chi connectivity index (χ3v) is 11.0. The SMILES string of the molecule is Cc1sc(C(=O)NCc2cccc(OCCNc3cccc4c3C(=O)N(C3CCC(=O)NC3=O)C4=O)c2)nc1-c1ccc2c(c1)CCN2C(=O)c1cncn1C. The molecule has 0 radical (unpaired) electrons. The van der Waals surface area contributed by atoms with Gasteiger partial charge in [0.1, 0.15) is 24.1 Å². The lowest BCUT2D eigenvalue weighted by molar-refractivity contribution is -0.136. The minimum absolute atomic E-state index is 0.0447. The maximum absolute atomic E-state index is 13.4. The molecule has 1 unspecified atom stereocenters. The third-order valence-electron chi connectivity index (χ3n) is 10.0. The van der Waals surface area contributed by atoms with E-state index in [2.05, 4.69) is 20.9 Å². The molecule has 284 valence electrons. The summed E-state index contributed by atoms with van der Waals surface area (Å²) in [7, 11) is 1.80. The van der Waals surface area contributed by atoms with Crippen LogP contribution in [0.25, 0.3) is 11.3 Å². The summed E-state index contributed by atoms with van der Waals surface area (Å²) in [6, 6.07) is 17.1. The first-order valence-electron chi connectivity index (χ1n) is 18.0. The minimum Gasteiger partial charge on any atom is -0.492 e. The maximum Gasteiger partial charge on any atom is 0.280 e. The highest BCUT2D eigenvalue weighted by molar-refractivity contribution is 7.14. The van der Waals surface area contributed by atoms with Crippen molar-refractivity contribution < 1.29 is 33.5 Å². The number of rotatable bonds is 11. The van der Waals surface area contributed by atoms with E-state index in [1.165, 1.54) is 11.3 Å². The number of fused-ring (bicyclic) bond motifs is 2. The smallest absolute Gasteiger partial charge is 0.280 e. The van der Waals surface area contributed by atoms with Gasteiger partial charge < -0.3 is 24.8 Å². The van der Waals surface area contributed by atoms with Gasteiger partial charge in [-0.3, -0.25) is 39.0 Å². The summed E-state index contributed by atoms with van der Waals surface area (Å²) in [5.74, 6) is -2.07. The highest BCUT2D eigenvalue weighted by Gasteiger charge is 2.45. The number of nitrogens with zero attached hydrogens (tertiary/aromatic N) is 5. The van der Waals surface area contributed by atoms with Gasteiger partial charge in [0, 0.05) is 54.9 Å². The van der Waals surface area contributed by atoms with Crippen LogP contribution in [0, 0.1) is 6.92 Å². The van der Waals surface area contributed by atoms with E-state index in [1.807, 2.05) is 43.3 Å². The van der Waals surface area contributed by atoms with Gasteiger partial charge in [0.2, 0.25) is 11.8 Å². The fourth-order valence-electron chi connectivity index (χ4n) is 7.24. The number of ether oxygens (including phenoxy) is 1. The van der Waals surface area contributed by atoms with Gasteiger partial charge in [-0.05, 0) is 67.3 Å². The van der Waals surface area contributed by atoms with Crippen LogP contribution in [-0.4, -0.2) is 80.6 Å². The minimum atomic E-state index is -1.04. The van der Waals surface area contributed by atoms with Crippen LogP contribution in [0.15, 0.2) is 73.2 Å². The zero-order valence-electron chi connectivity index (χ0n) is 30.5. The number of benzene rings is 3. The molecule has 5 heterocycles. The van der Waals surface area contributed by atoms with Crippen LogP contribution in [0.4, 0.5) is 11.4 Å². The molecule has 2 aromatic heterocycles. The van der Waals surface area contributed by atoms with Gasteiger partial charge in [-0.1, -0.05) is 24.3 Å². The number of amides is 6. The van der Waals surface area contributed by atoms with Gasteiger partial charge in [-0.2, -0.15) is 0 Å². The van der Waals surface area contributed by atoms with Crippen molar-refractivity contribution in [3.8, 4) is 17.0 Å². The predicted molar refractivity (Wildman–Crippen MR) is 206 cm³/mol. The molecule has 8 rings (SSSR count). The largest absolute Gasteiger partial charge is 0.492 e.